The lowest BCUT2D eigenvalue weighted by atomic mass is 9.83. The first kappa shape index (κ1) is 26.6. The minimum atomic E-state index is 0.189. The standard InChI is InChI=1S/C39H32N4S/c40-38(26-11-3-1-4-12-26)42-39(27-13-5-2-6-14-27)41-25-43-34-17-9-7-15-30(34)32-23-28(19-21-35(32)43)29-20-22-37-33(24-29)31-16-8-10-18-36(31)44-37/h1-19,21,23-24,32,35H,20,22,25H2,(H2,40,41,42). The monoisotopic (exact) mass is 588 g/mol. The van der Waals surface area contributed by atoms with Crippen molar-refractivity contribution in [1.82, 2.24) is 0 Å². The zero-order chi connectivity index (χ0) is 29.5. The van der Waals surface area contributed by atoms with Crippen LogP contribution in [0.5, 0.6) is 0 Å². The number of thiophene rings is 1. The zero-order valence-electron chi connectivity index (χ0n) is 24.3. The largest absolute Gasteiger partial charge is 0.383 e. The summed E-state index contributed by atoms with van der Waals surface area (Å²) >= 11 is 1.94. The van der Waals surface area contributed by atoms with Gasteiger partial charge in [0.2, 0.25) is 0 Å². The van der Waals surface area contributed by atoms with Crippen LogP contribution in [0.3, 0.4) is 0 Å². The summed E-state index contributed by atoms with van der Waals surface area (Å²) < 4.78 is 1.38. The Morgan fingerprint density at radius 3 is 2.39 bits per heavy atom. The first-order chi connectivity index (χ1) is 21.7. The lowest BCUT2D eigenvalue weighted by Gasteiger charge is -2.29. The van der Waals surface area contributed by atoms with Gasteiger partial charge in [-0.1, -0.05) is 115 Å². The van der Waals surface area contributed by atoms with E-state index >= 15 is 0 Å². The second kappa shape index (κ2) is 11.3. The molecule has 2 heterocycles. The van der Waals surface area contributed by atoms with Crippen LogP contribution in [-0.2, 0) is 6.42 Å². The normalized spacial score (nSPS) is 19.3. The Morgan fingerprint density at radius 1 is 0.818 bits per heavy atom. The van der Waals surface area contributed by atoms with Crippen molar-refractivity contribution in [2.24, 2.45) is 15.7 Å². The van der Waals surface area contributed by atoms with Gasteiger partial charge in [0, 0.05) is 32.3 Å². The number of anilines is 1. The summed E-state index contributed by atoms with van der Waals surface area (Å²) in [5.41, 5.74) is 15.1. The van der Waals surface area contributed by atoms with Crippen LogP contribution in [-0.4, -0.2) is 24.4 Å². The van der Waals surface area contributed by atoms with Gasteiger partial charge in [0.05, 0.1) is 6.04 Å². The fraction of sp³-hybridized carbons (Fsp3) is 0.128. The molecule has 0 saturated heterocycles. The number of hydrogen-bond acceptors (Lipinski definition) is 3. The lowest BCUT2D eigenvalue weighted by Crippen LogP contribution is -2.34. The van der Waals surface area contributed by atoms with Crippen LogP contribution in [0.15, 0.2) is 149 Å². The highest BCUT2D eigenvalue weighted by molar-refractivity contribution is 7.19. The summed E-state index contributed by atoms with van der Waals surface area (Å²) in [6.07, 6.45) is 11.8. The third-order valence-corrected chi connectivity index (χ3v) is 10.1. The third-order valence-electron chi connectivity index (χ3n) is 8.89. The van der Waals surface area contributed by atoms with Crippen LogP contribution < -0.4 is 10.6 Å². The summed E-state index contributed by atoms with van der Waals surface area (Å²) in [5, 5.41) is 1.38. The van der Waals surface area contributed by atoms with Gasteiger partial charge in [-0.25, -0.2) is 9.98 Å². The molecule has 214 valence electrons. The molecular formula is C39H32N4S. The van der Waals surface area contributed by atoms with Crippen LogP contribution in [0.4, 0.5) is 5.69 Å². The molecule has 0 amide bonds. The Bertz CT molecular complexity index is 2010. The highest BCUT2D eigenvalue weighted by Gasteiger charge is 2.37. The van der Waals surface area contributed by atoms with E-state index in [0.717, 1.165) is 24.0 Å². The van der Waals surface area contributed by atoms with Gasteiger partial charge in [0.1, 0.15) is 12.5 Å². The number of nitrogens with two attached hydrogens (primary N) is 1. The summed E-state index contributed by atoms with van der Waals surface area (Å²) in [6, 6.07) is 37.7. The first-order valence-corrected chi connectivity index (χ1v) is 16.0. The fourth-order valence-electron chi connectivity index (χ4n) is 6.71. The van der Waals surface area contributed by atoms with Crippen molar-refractivity contribution in [3.05, 3.63) is 166 Å². The van der Waals surface area contributed by atoms with Gasteiger partial charge in [-0.15, -0.1) is 11.3 Å². The Labute approximate surface area is 261 Å². The molecule has 0 radical (unpaired) electrons. The van der Waals surface area contributed by atoms with Gasteiger partial charge in [-0.2, -0.15) is 0 Å². The van der Waals surface area contributed by atoms with Crippen molar-refractivity contribution in [2.45, 2.75) is 24.8 Å². The van der Waals surface area contributed by atoms with Crippen molar-refractivity contribution < 1.29 is 0 Å². The van der Waals surface area contributed by atoms with Crippen molar-refractivity contribution in [1.29, 1.82) is 0 Å². The number of para-hydroxylation sites is 1. The van der Waals surface area contributed by atoms with Gasteiger partial charge < -0.3 is 10.6 Å². The predicted octanol–water partition coefficient (Wildman–Crippen LogP) is 8.51. The molecule has 2 unspecified atom stereocenters. The predicted molar refractivity (Wildman–Crippen MR) is 186 cm³/mol. The summed E-state index contributed by atoms with van der Waals surface area (Å²) in [5.74, 6) is 1.36. The summed E-state index contributed by atoms with van der Waals surface area (Å²) in [4.78, 5) is 13.8. The topological polar surface area (TPSA) is 54.0 Å². The minimum Gasteiger partial charge on any atom is -0.383 e. The molecule has 4 nitrogen and oxygen atoms in total. The molecule has 0 fully saturated rings. The van der Waals surface area contributed by atoms with Gasteiger partial charge in [0.25, 0.3) is 0 Å². The molecule has 5 aromatic rings. The van der Waals surface area contributed by atoms with E-state index < -0.39 is 0 Å². The van der Waals surface area contributed by atoms with Crippen LogP contribution in [0.2, 0.25) is 0 Å². The maximum Gasteiger partial charge on any atom is 0.158 e. The molecule has 2 atom stereocenters. The number of nitrogens with zero attached hydrogens (tertiary/aromatic N) is 3. The van der Waals surface area contributed by atoms with Gasteiger partial charge in [-0.05, 0) is 58.7 Å². The number of benzene rings is 4. The molecule has 44 heavy (non-hydrogen) atoms. The SMILES string of the molecule is NC(=NC(=NCN1c2ccccc2C2C=C(C3=Cc4c(sc5ccccc45)CC3)C=CC21)c1ccccc1)c1ccccc1. The van der Waals surface area contributed by atoms with Gasteiger partial charge in [-0.3, -0.25) is 0 Å². The molecule has 2 aliphatic carbocycles. The van der Waals surface area contributed by atoms with Crippen molar-refractivity contribution in [3.8, 4) is 0 Å². The zero-order valence-corrected chi connectivity index (χ0v) is 25.1. The third kappa shape index (κ3) is 4.80. The molecule has 1 aliphatic heterocycles. The Hall–Kier alpha value is -5.00. The number of rotatable bonds is 5. The quantitative estimate of drug-likeness (QED) is 0.165. The molecular weight excluding hydrogens is 557 g/mol. The molecule has 1 aromatic heterocycles. The average Bonchev–Trinajstić information content (AvgIpc) is 3.62. The molecule has 0 bridgehead atoms. The second-order valence-corrected chi connectivity index (χ2v) is 12.6. The van der Waals surface area contributed by atoms with Crippen LogP contribution in [0.25, 0.3) is 16.2 Å². The van der Waals surface area contributed by atoms with Crippen molar-refractivity contribution in [3.63, 3.8) is 0 Å². The Morgan fingerprint density at radius 2 is 1.55 bits per heavy atom. The molecule has 2 N–H and O–H groups in total. The number of allylic oxidation sites excluding steroid dienone is 3. The van der Waals surface area contributed by atoms with E-state index in [4.69, 9.17) is 15.7 Å². The number of amidine groups is 2. The molecule has 4 aromatic carbocycles. The Kier molecular flexibility index (Phi) is 6.81. The van der Waals surface area contributed by atoms with Crippen molar-refractivity contribution in [2.75, 3.05) is 11.6 Å². The van der Waals surface area contributed by atoms with Crippen LogP contribution in [0, 0.1) is 0 Å². The highest BCUT2D eigenvalue weighted by Crippen LogP contribution is 2.46. The fourth-order valence-corrected chi connectivity index (χ4v) is 7.89. The average molecular weight is 589 g/mol. The first-order valence-electron chi connectivity index (χ1n) is 15.2. The van der Waals surface area contributed by atoms with E-state index in [1.807, 2.05) is 72.0 Å². The van der Waals surface area contributed by atoms with E-state index in [2.05, 4.69) is 77.7 Å². The second-order valence-electron chi connectivity index (χ2n) is 11.5. The van der Waals surface area contributed by atoms with Gasteiger partial charge >= 0.3 is 0 Å². The highest BCUT2D eigenvalue weighted by atomic mass is 32.1. The molecule has 0 saturated carbocycles. The van der Waals surface area contributed by atoms with Crippen LogP contribution in [0.1, 0.15) is 39.5 Å². The maximum atomic E-state index is 6.47. The maximum absolute atomic E-state index is 6.47. The smallest absolute Gasteiger partial charge is 0.158 e. The number of aliphatic imine (C=N–C) groups is 2. The molecule has 3 aliphatic rings. The molecule has 5 heteroatoms. The lowest BCUT2D eigenvalue weighted by molar-refractivity contribution is 0.676. The summed E-state index contributed by atoms with van der Waals surface area (Å²) in [7, 11) is 0. The van der Waals surface area contributed by atoms with E-state index in [-0.39, 0.29) is 12.0 Å². The summed E-state index contributed by atoms with van der Waals surface area (Å²) in [6.45, 7) is 0.481. The number of aryl methyl sites for hydroxylation is 1. The van der Waals surface area contributed by atoms with E-state index in [0.29, 0.717) is 18.3 Å². The van der Waals surface area contributed by atoms with E-state index in [1.165, 1.54) is 42.9 Å². The van der Waals surface area contributed by atoms with Crippen molar-refractivity contribution >= 4 is 44.9 Å². The minimum absolute atomic E-state index is 0.189. The molecule has 8 rings (SSSR count). The Balaban J connectivity index is 1.13. The molecule has 0 spiro atoms. The van der Waals surface area contributed by atoms with Gasteiger partial charge in [0.15, 0.2) is 5.84 Å². The van der Waals surface area contributed by atoms with Crippen LogP contribution >= 0.6 is 11.3 Å². The van der Waals surface area contributed by atoms with E-state index in [1.54, 1.807) is 0 Å². The van der Waals surface area contributed by atoms with E-state index in [9.17, 15) is 0 Å². The number of fused-ring (bicyclic) bond motifs is 6. The number of hydrogen-bond donors (Lipinski definition) is 1.